The molecule has 0 aliphatic heterocycles. The van der Waals surface area contributed by atoms with Crippen LogP contribution in [0.3, 0.4) is 0 Å². The van der Waals surface area contributed by atoms with E-state index >= 15 is 0 Å². The Hall–Kier alpha value is -0.610. The van der Waals surface area contributed by atoms with Crippen molar-refractivity contribution in [2.75, 3.05) is 20.3 Å². The second-order valence-corrected chi connectivity index (χ2v) is 3.30. The van der Waals surface area contributed by atoms with Crippen LogP contribution in [0.5, 0.6) is 0 Å². The first-order valence-corrected chi connectivity index (χ1v) is 4.49. The summed E-state index contributed by atoms with van der Waals surface area (Å²) in [5.74, 6) is -0.355. The van der Waals surface area contributed by atoms with E-state index in [1.165, 1.54) is 0 Å². The molecule has 0 aromatic rings. The molecule has 4 nitrogen and oxygen atoms in total. The Kier molecular flexibility index (Phi) is 5.66. The maximum atomic E-state index is 11.3. The van der Waals surface area contributed by atoms with Crippen LogP contribution in [-0.4, -0.2) is 31.8 Å². The van der Waals surface area contributed by atoms with Gasteiger partial charge in [-0.25, -0.2) is 0 Å². The Morgan fingerprint density at radius 1 is 1.46 bits per heavy atom. The number of carbonyl (C=O) groups excluding carboxylic acids is 1. The molecule has 0 radical (unpaired) electrons. The Morgan fingerprint density at radius 2 is 2.08 bits per heavy atom. The number of nitrogens with two attached hydrogens (primary N) is 1. The van der Waals surface area contributed by atoms with Gasteiger partial charge in [0.1, 0.15) is 12.1 Å². The van der Waals surface area contributed by atoms with Crippen molar-refractivity contribution in [1.29, 1.82) is 0 Å². The molecule has 0 saturated heterocycles. The fraction of sp³-hybridized carbons (Fsp3) is 0.889. The van der Waals surface area contributed by atoms with Crippen molar-refractivity contribution in [3.8, 4) is 0 Å². The van der Waals surface area contributed by atoms with Gasteiger partial charge < -0.3 is 15.2 Å². The number of methoxy groups -OCH3 is 1. The fourth-order valence-electron chi connectivity index (χ4n) is 1.00. The molecule has 0 aromatic carbocycles. The molecule has 0 bridgehead atoms. The van der Waals surface area contributed by atoms with E-state index in [0.717, 1.165) is 6.42 Å². The van der Waals surface area contributed by atoms with Crippen molar-refractivity contribution in [2.45, 2.75) is 32.2 Å². The minimum atomic E-state index is -0.859. The van der Waals surface area contributed by atoms with E-state index in [1.807, 2.05) is 6.92 Å². The van der Waals surface area contributed by atoms with Crippen molar-refractivity contribution in [3.63, 3.8) is 0 Å². The Bertz CT molecular complexity index is 157. The lowest BCUT2D eigenvalue weighted by Gasteiger charge is -2.21. The van der Waals surface area contributed by atoms with Crippen LogP contribution in [0.4, 0.5) is 0 Å². The van der Waals surface area contributed by atoms with Crippen molar-refractivity contribution < 1.29 is 14.3 Å². The van der Waals surface area contributed by atoms with Crippen molar-refractivity contribution >= 4 is 5.97 Å². The summed E-state index contributed by atoms with van der Waals surface area (Å²) in [6, 6.07) is 0. The molecule has 0 spiro atoms. The average molecular weight is 189 g/mol. The van der Waals surface area contributed by atoms with Crippen LogP contribution in [0.1, 0.15) is 26.7 Å². The third-order valence-corrected chi connectivity index (χ3v) is 1.76. The Balaban J connectivity index is 3.80. The Labute approximate surface area is 79.4 Å². The summed E-state index contributed by atoms with van der Waals surface area (Å²) in [7, 11) is 1.56. The molecule has 4 heteroatoms. The van der Waals surface area contributed by atoms with E-state index in [2.05, 4.69) is 0 Å². The van der Waals surface area contributed by atoms with E-state index < -0.39 is 5.54 Å². The van der Waals surface area contributed by atoms with E-state index in [4.69, 9.17) is 15.2 Å². The number of hydrogen-bond acceptors (Lipinski definition) is 4. The smallest absolute Gasteiger partial charge is 0.325 e. The zero-order valence-corrected chi connectivity index (χ0v) is 8.63. The number of rotatable bonds is 6. The predicted molar refractivity (Wildman–Crippen MR) is 50.3 cm³/mol. The molecule has 0 amide bonds. The molecule has 0 fully saturated rings. The van der Waals surface area contributed by atoms with E-state index in [1.54, 1.807) is 14.0 Å². The molecule has 1 atom stereocenters. The molecule has 2 N–H and O–H groups in total. The lowest BCUT2D eigenvalue weighted by Crippen LogP contribution is -2.46. The molecule has 78 valence electrons. The zero-order valence-electron chi connectivity index (χ0n) is 8.63. The first-order valence-electron chi connectivity index (χ1n) is 4.49. The predicted octanol–water partition coefficient (Wildman–Crippen LogP) is 0.693. The monoisotopic (exact) mass is 189 g/mol. The molecule has 0 aliphatic carbocycles. The molecule has 0 saturated carbocycles. The minimum absolute atomic E-state index is 0.270. The maximum absolute atomic E-state index is 11.3. The first-order chi connectivity index (χ1) is 6.04. The quantitative estimate of drug-likeness (QED) is 0.493. The second-order valence-electron chi connectivity index (χ2n) is 3.30. The normalized spacial score (nSPS) is 15.1. The molecular formula is C9H19NO3. The summed E-state index contributed by atoms with van der Waals surface area (Å²) in [4.78, 5) is 11.3. The van der Waals surface area contributed by atoms with E-state index in [9.17, 15) is 4.79 Å². The molecule has 0 aliphatic rings. The topological polar surface area (TPSA) is 61.6 Å². The van der Waals surface area contributed by atoms with Gasteiger partial charge in [0.25, 0.3) is 0 Å². The fourth-order valence-corrected chi connectivity index (χ4v) is 1.00. The highest BCUT2D eigenvalue weighted by Crippen LogP contribution is 2.10. The summed E-state index contributed by atoms with van der Waals surface area (Å²) in [6.07, 6.45) is 1.51. The van der Waals surface area contributed by atoms with Gasteiger partial charge in [-0.2, -0.15) is 0 Å². The number of carbonyl (C=O) groups is 1. The summed E-state index contributed by atoms with van der Waals surface area (Å²) in [6.45, 7) is 4.35. The van der Waals surface area contributed by atoms with Gasteiger partial charge in [0, 0.05) is 7.11 Å². The Morgan fingerprint density at radius 3 is 2.54 bits per heavy atom. The number of hydrogen-bond donors (Lipinski definition) is 1. The number of ether oxygens (including phenoxy) is 2. The highest BCUT2D eigenvalue weighted by Gasteiger charge is 2.28. The maximum Gasteiger partial charge on any atom is 0.325 e. The van der Waals surface area contributed by atoms with Crippen LogP contribution < -0.4 is 5.73 Å². The average Bonchev–Trinajstić information content (AvgIpc) is 2.04. The summed E-state index contributed by atoms with van der Waals surface area (Å²) in [5, 5.41) is 0. The van der Waals surface area contributed by atoms with Gasteiger partial charge >= 0.3 is 5.97 Å². The van der Waals surface area contributed by atoms with Crippen molar-refractivity contribution in [3.05, 3.63) is 0 Å². The molecule has 0 rings (SSSR count). The lowest BCUT2D eigenvalue weighted by molar-refractivity contribution is -0.151. The van der Waals surface area contributed by atoms with Gasteiger partial charge in [0.2, 0.25) is 0 Å². The third-order valence-electron chi connectivity index (χ3n) is 1.76. The molecular weight excluding hydrogens is 170 g/mol. The van der Waals surface area contributed by atoms with E-state index in [0.29, 0.717) is 13.0 Å². The van der Waals surface area contributed by atoms with Gasteiger partial charge in [0.15, 0.2) is 0 Å². The van der Waals surface area contributed by atoms with Gasteiger partial charge in [-0.3, -0.25) is 4.79 Å². The van der Waals surface area contributed by atoms with Gasteiger partial charge in [-0.05, 0) is 13.3 Å². The summed E-state index contributed by atoms with van der Waals surface area (Å²) >= 11 is 0. The lowest BCUT2D eigenvalue weighted by atomic mass is 9.98. The minimum Gasteiger partial charge on any atom is -0.462 e. The van der Waals surface area contributed by atoms with Crippen LogP contribution in [-0.2, 0) is 14.3 Å². The van der Waals surface area contributed by atoms with Crippen LogP contribution in [0, 0.1) is 0 Å². The highest BCUT2D eigenvalue weighted by molar-refractivity contribution is 5.79. The molecule has 0 heterocycles. The summed E-state index contributed by atoms with van der Waals surface area (Å²) in [5.41, 5.74) is 4.88. The van der Waals surface area contributed by atoms with Gasteiger partial charge in [-0.15, -0.1) is 0 Å². The molecule has 0 aromatic heterocycles. The molecule has 1 unspecified atom stereocenters. The van der Waals surface area contributed by atoms with Gasteiger partial charge in [-0.1, -0.05) is 13.3 Å². The van der Waals surface area contributed by atoms with Crippen LogP contribution >= 0.6 is 0 Å². The second kappa shape index (κ2) is 5.94. The third kappa shape index (κ3) is 4.85. The van der Waals surface area contributed by atoms with Crippen molar-refractivity contribution in [1.82, 2.24) is 0 Å². The zero-order chi connectivity index (χ0) is 10.3. The van der Waals surface area contributed by atoms with Gasteiger partial charge in [0.05, 0.1) is 6.61 Å². The van der Waals surface area contributed by atoms with Crippen molar-refractivity contribution in [2.24, 2.45) is 5.73 Å². The van der Waals surface area contributed by atoms with Crippen LogP contribution in [0.25, 0.3) is 0 Å². The summed E-state index contributed by atoms with van der Waals surface area (Å²) < 4.78 is 9.66. The number of esters is 1. The highest BCUT2D eigenvalue weighted by atomic mass is 16.6. The SMILES string of the molecule is CCCC(C)(N)C(=O)OCCOC. The van der Waals surface area contributed by atoms with Crippen LogP contribution in [0.15, 0.2) is 0 Å². The van der Waals surface area contributed by atoms with Crippen LogP contribution in [0.2, 0.25) is 0 Å². The standard InChI is InChI=1S/C9H19NO3/c1-4-5-9(2,10)8(11)13-7-6-12-3/h4-7,10H2,1-3H3. The largest absolute Gasteiger partial charge is 0.462 e. The van der Waals surface area contributed by atoms with E-state index in [-0.39, 0.29) is 12.6 Å². The molecule has 13 heavy (non-hydrogen) atoms. The first kappa shape index (κ1) is 12.4.